The standard InChI is InChI=1S/C13H16N2O2/c14-7-11-3-1-2-4-12(11)8-15-9-13-10-16-5-6-17-13/h1-4,13,15H,5-6,8-10H2. The molecule has 1 atom stereocenters. The van der Waals surface area contributed by atoms with E-state index in [-0.39, 0.29) is 6.10 Å². The summed E-state index contributed by atoms with van der Waals surface area (Å²) in [7, 11) is 0. The van der Waals surface area contributed by atoms with E-state index >= 15 is 0 Å². The van der Waals surface area contributed by atoms with E-state index in [2.05, 4.69) is 11.4 Å². The molecule has 1 aromatic carbocycles. The number of nitrogens with zero attached hydrogens (tertiary/aromatic N) is 1. The second-order valence-electron chi connectivity index (χ2n) is 3.97. The number of nitriles is 1. The molecule has 2 rings (SSSR count). The minimum atomic E-state index is 0.123. The normalized spacial score (nSPS) is 19.8. The SMILES string of the molecule is N#Cc1ccccc1CNCC1COCCO1. The predicted octanol–water partition coefficient (Wildman–Crippen LogP) is 1.06. The average molecular weight is 232 g/mol. The highest BCUT2D eigenvalue weighted by Crippen LogP contribution is 2.07. The van der Waals surface area contributed by atoms with E-state index in [9.17, 15) is 0 Å². The summed E-state index contributed by atoms with van der Waals surface area (Å²) in [6, 6.07) is 9.80. The van der Waals surface area contributed by atoms with Crippen LogP contribution in [-0.4, -0.2) is 32.5 Å². The molecular formula is C13H16N2O2. The van der Waals surface area contributed by atoms with Crippen LogP contribution in [0.3, 0.4) is 0 Å². The van der Waals surface area contributed by atoms with Gasteiger partial charge in [0.05, 0.1) is 37.6 Å². The quantitative estimate of drug-likeness (QED) is 0.843. The summed E-state index contributed by atoms with van der Waals surface area (Å²) < 4.78 is 10.8. The first-order valence-electron chi connectivity index (χ1n) is 5.78. The lowest BCUT2D eigenvalue weighted by molar-refractivity contribution is -0.0864. The minimum Gasteiger partial charge on any atom is -0.376 e. The molecule has 4 heteroatoms. The topological polar surface area (TPSA) is 54.3 Å². The molecule has 1 aliphatic heterocycles. The summed E-state index contributed by atoms with van der Waals surface area (Å²) in [6.07, 6.45) is 0.123. The number of benzene rings is 1. The number of rotatable bonds is 4. The highest BCUT2D eigenvalue weighted by atomic mass is 16.6. The largest absolute Gasteiger partial charge is 0.376 e. The summed E-state index contributed by atoms with van der Waals surface area (Å²) in [5.41, 5.74) is 1.74. The third-order valence-corrected chi connectivity index (χ3v) is 2.71. The van der Waals surface area contributed by atoms with Gasteiger partial charge in [-0.15, -0.1) is 0 Å². The molecule has 0 radical (unpaired) electrons. The second-order valence-corrected chi connectivity index (χ2v) is 3.97. The van der Waals surface area contributed by atoms with Crippen molar-refractivity contribution >= 4 is 0 Å². The Bertz CT molecular complexity index is 395. The van der Waals surface area contributed by atoms with Gasteiger partial charge in [-0.25, -0.2) is 0 Å². The zero-order valence-corrected chi connectivity index (χ0v) is 9.69. The molecule has 17 heavy (non-hydrogen) atoms. The molecule has 0 saturated carbocycles. The van der Waals surface area contributed by atoms with Crippen LogP contribution in [0.1, 0.15) is 11.1 Å². The fourth-order valence-corrected chi connectivity index (χ4v) is 1.81. The molecule has 0 amide bonds. The molecule has 1 N–H and O–H groups in total. The van der Waals surface area contributed by atoms with Crippen molar-refractivity contribution in [1.29, 1.82) is 5.26 Å². The van der Waals surface area contributed by atoms with Gasteiger partial charge in [0.25, 0.3) is 0 Å². The van der Waals surface area contributed by atoms with E-state index in [0.29, 0.717) is 26.4 Å². The van der Waals surface area contributed by atoms with Crippen molar-refractivity contribution < 1.29 is 9.47 Å². The van der Waals surface area contributed by atoms with Crippen molar-refractivity contribution in [3.63, 3.8) is 0 Å². The molecule has 0 aliphatic carbocycles. The van der Waals surface area contributed by atoms with Gasteiger partial charge < -0.3 is 14.8 Å². The molecule has 1 heterocycles. The van der Waals surface area contributed by atoms with Crippen LogP contribution in [0.25, 0.3) is 0 Å². The molecule has 90 valence electrons. The number of hydrogen-bond donors (Lipinski definition) is 1. The van der Waals surface area contributed by atoms with Crippen LogP contribution in [0.5, 0.6) is 0 Å². The Hall–Kier alpha value is -1.41. The van der Waals surface area contributed by atoms with Gasteiger partial charge in [-0.1, -0.05) is 18.2 Å². The molecule has 1 aromatic rings. The second kappa shape index (κ2) is 6.36. The van der Waals surface area contributed by atoms with Gasteiger partial charge in [0.1, 0.15) is 0 Å². The van der Waals surface area contributed by atoms with Gasteiger partial charge in [0.2, 0.25) is 0 Å². The molecule has 0 bridgehead atoms. The third kappa shape index (κ3) is 3.53. The summed E-state index contributed by atoms with van der Waals surface area (Å²) in [4.78, 5) is 0. The first-order chi connectivity index (χ1) is 8.40. The van der Waals surface area contributed by atoms with Crippen LogP contribution < -0.4 is 5.32 Å². The van der Waals surface area contributed by atoms with Crippen molar-refractivity contribution in [2.75, 3.05) is 26.4 Å². The summed E-state index contributed by atoms with van der Waals surface area (Å²) in [5.74, 6) is 0. The molecule has 0 spiro atoms. The first-order valence-corrected chi connectivity index (χ1v) is 5.78. The Kier molecular flexibility index (Phi) is 4.51. The molecule has 4 nitrogen and oxygen atoms in total. The number of hydrogen-bond acceptors (Lipinski definition) is 4. The molecule has 1 aliphatic rings. The average Bonchev–Trinajstić information content (AvgIpc) is 2.40. The van der Waals surface area contributed by atoms with Crippen molar-refractivity contribution in [2.24, 2.45) is 0 Å². The van der Waals surface area contributed by atoms with Crippen molar-refractivity contribution in [3.05, 3.63) is 35.4 Å². The Morgan fingerprint density at radius 1 is 1.35 bits per heavy atom. The van der Waals surface area contributed by atoms with Gasteiger partial charge in [-0.2, -0.15) is 5.26 Å². The van der Waals surface area contributed by atoms with Crippen LogP contribution in [0.4, 0.5) is 0 Å². The van der Waals surface area contributed by atoms with Gasteiger partial charge in [0, 0.05) is 13.1 Å². The highest BCUT2D eigenvalue weighted by Gasteiger charge is 2.13. The molecular weight excluding hydrogens is 216 g/mol. The van der Waals surface area contributed by atoms with Crippen LogP contribution in [0, 0.1) is 11.3 Å². The summed E-state index contributed by atoms with van der Waals surface area (Å²) in [6.45, 7) is 3.44. The maximum Gasteiger partial charge on any atom is 0.0995 e. The molecule has 1 saturated heterocycles. The zero-order chi connectivity index (χ0) is 11.9. The maximum atomic E-state index is 8.94. The maximum absolute atomic E-state index is 8.94. The Morgan fingerprint density at radius 3 is 3.00 bits per heavy atom. The van der Waals surface area contributed by atoms with E-state index in [1.54, 1.807) is 0 Å². The third-order valence-electron chi connectivity index (χ3n) is 2.71. The number of ether oxygens (including phenoxy) is 2. The molecule has 1 unspecified atom stereocenters. The Morgan fingerprint density at radius 2 is 2.24 bits per heavy atom. The summed E-state index contributed by atoms with van der Waals surface area (Å²) in [5, 5.41) is 12.2. The van der Waals surface area contributed by atoms with Crippen LogP contribution in [0.15, 0.2) is 24.3 Å². The smallest absolute Gasteiger partial charge is 0.0995 e. The fraction of sp³-hybridized carbons (Fsp3) is 0.462. The monoisotopic (exact) mass is 232 g/mol. The Labute approximate surface area is 101 Å². The molecule has 0 aromatic heterocycles. The van der Waals surface area contributed by atoms with Gasteiger partial charge in [-0.3, -0.25) is 0 Å². The van der Waals surface area contributed by atoms with Crippen molar-refractivity contribution in [3.8, 4) is 6.07 Å². The first kappa shape index (κ1) is 12.1. The van der Waals surface area contributed by atoms with Crippen LogP contribution in [-0.2, 0) is 16.0 Å². The minimum absolute atomic E-state index is 0.123. The Balaban J connectivity index is 1.79. The lowest BCUT2D eigenvalue weighted by atomic mass is 10.1. The van der Waals surface area contributed by atoms with Gasteiger partial charge >= 0.3 is 0 Å². The van der Waals surface area contributed by atoms with E-state index in [4.69, 9.17) is 14.7 Å². The van der Waals surface area contributed by atoms with E-state index < -0.39 is 0 Å². The highest BCUT2D eigenvalue weighted by molar-refractivity contribution is 5.37. The lowest BCUT2D eigenvalue weighted by Crippen LogP contribution is -2.37. The number of nitrogens with one attached hydrogen (secondary N) is 1. The van der Waals surface area contributed by atoms with Crippen molar-refractivity contribution in [1.82, 2.24) is 5.32 Å². The fourth-order valence-electron chi connectivity index (χ4n) is 1.81. The lowest BCUT2D eigenvalue weighted by Gasteiger charge is -2.23. The van der Waals surface area contributed by atoms with E-state index in [0.717, 1.165) is 17.7 Å². The van der Waals surface area contributed by atoms with Crippen molar-refractivity contribution in [2.45, 2.75) is 12.6 Å². The van der Waals surface area contributed by atoms with Gasteiger partial charge in [-0.05, 0) is 11.6 Å². The molecule has 1 fully saturated rings. The van der Waals surface area contributed by atoms with E-state index in [1.807, 2.05) is 24.3 Å². The van der Waals surface area contributed by atoms with Crippen LogP contribution >= 0.6 is 0 Å². The van der Waals surface area contributed by atoms with Gasteiger partial charge in [0.15, 0.2) is 0 Å². The predicted molar refractivity (Wildman–Crippen MR) is 63.4 cm³/mol. The van der Waals surface area contributed by atoms with Crippen LogP contribution in [0.2, 0.25) is 0 Å². The zero-order valence-electron chi connectivity index (χ0n) is 9.69. The van der Waals surface area contributed by atoms with E-state index in [1.165, 1.54) is 0 Å². The summed E-state index contributed by atoms with van der Waals surface area (Å²) >= 11 is 0.